The Kier molecular flexibility index (Phi) is 5.12. The predicted octanol–water partition coefficient (Wildman–Crippen LogP) is 5.23. The highest BCUT2D eigenvalue weighted by Gasteiger charge is 2.37. The monoisotopic (exact) mass is 450 g/mol. The molecule has 7 heteroatoms. The summed E-state index contributed by atoms with van der Waals surface area (Å²) in [7, 11) is 0. The lowest BCUT2D eigenvalue weighted by atomic mass is 9.96. The number of hydrogen-bond acceptors (Lipinski definition) is 5. The van der Waals surface area contributed by atoms with E-state index < -0.39 is 5.97 Å². The Balaban J connectivity index is 2.00. The van der Waals surface area contributed by atoms with Gasteiger partial charge in [0.1, 0.15) is 6.33 Å². The zero-order chi connectivity index (χ0) is 20.5. The number of aromatic nitrogens is 2. The number of carbonyl (C=O) groups excluding carboxylic acids is 1. The first-order valence-corrected chi connectivity index (χ1v) is 10.1. The van der Waals surface area contributed by atoms with Crippen molar-refractivity contribution in [3.8, 4) is 11.8 Å². The topological polar surface area (TPSA) is 71.2 Å². The predicted molar refractivity (Wildman–Crippen MR) is 114 cm³/mol. The van der Waals surface area contributed by atoms with E-state index in [-0.39, 0.29) is 24.8 Å². The summed E-state index contributed by atoms with van der Waals surface area (Å²) in [6, 6.07) is 16.0. The van der Waals surface area contributed by atoms with Crippen LogP contribution in [0.15, 0.2) is 53.3 Å². The summed E-state index contributed by atoms with van der Waals surface area (Å²) in [6.07, 6.45) is 1.89. The molecule has 6 nitrogen and oxygen atoms in total. The molecule has 146 valence electrons. The van der Waals surface area contributed by atoms with Crippen LogP contribution in [0.4, 0.5) is 11.5 Å². The molecule has 1 unspecified atom stereocenters. The number of anilines is 2. The van der Waals surface area contributed by atoms with E-state index in [0.717, 1.165) is 27.0 Å². The molecule has 1 aliphatic heterocycles. The largest absolute Gasteiger partial charge is 0.461 e. The van der Waals surface area contributed by atoms with E-state index in [9.17, 15) is 10.1 Å². The van der Waals surface area contributed by atoms with Crippen LogP contribution in [0.1, 0.15) is 41.0 Å². The SMILES string of the molecule is CCOC(=O)c1ncn2c1N(c1ccc(C)cc1)C(CC#N)c1cc(Br)ccc1-2. The first-order valence-electron chi connectivity index (χ1n) is 9.32. The average Bonchev–Trinajstić information content (AvgIpc) is 3.14. The number of benzene rings is 2. The van der Waals surface area contributed by atoms with Crippen LogP contribution in [0.2, 0.25) is 0 Å². The normalized spacial score (nSPS) is 14.7. The quantitative estimate of drug-likeness (QED) is 0.509. The highest BCUT2D eigenvalue weighted by Crippen LogP contribution is 2.46. The summed E-state index contributed by atoms with van der Waals surface area (Å²) in [5, 5.41) is 9.58. The minimum atomic E-state index is -0.477. The molecule has 2 heterocycles. The van der Waals surface area contributed by atoms with Crippen LogP contribution in [0.3, 0.4) is 0 Å². The van der Waals surface area contributed by atoms with Gasteiger partial charge in [0.25, 0.3) is 0 Å². The van der Waals surface area contributed by atoms with Crippen LogP contribution < -0.4 is 4.90 Å². The fourth-order valence-corrected chi connectivity index (χ4v) is 4.06. The summed E-state index contributed by atoms with van der Waals surface area (Å²) >= 11 is 3.54. The Morgan fingerprint density at radius 3 is 2.72 bits per heavy atom. The van der Waals surface area contributed by atoms with Crippen LogP contribution in [-0.4, -0.2) is 22.1 Å². The number of ether oxygens (including phenoxy) is 1. The summed E-state index contributed by atoms with van der Waals surface area (Å²) in [5.41, 5.74) is 4.14. The fourth-order valence-electron chi connectivity index (χ4n) is 3.69. The summed E-state index contributed by atoms with van der Waals surface area (Å²) in [6.45, 7) is 4.05. The number of aryl methyl sites for hydroxylation is 1. The number of carbonyl (C=O) groups is 1. The number of nitriles is 1. The molecule has 0 radical (unpaired) electrons. The van der Waals surface area contributed by atoms with Gasteiger partial charge in [0.05, 0.1) is 30.8 Å². The van der Waals surface area contributed by atoms with E-state index in [1.54, 1.807) is 13.3 Å². The first-order chi connectivity index (χ1) is 14.0. The molecule has 0 fully saturated rings. The maximum atomic E-state index is 12.6. The third-order valence-electron chi connectivity index (χ3n) is 4.96. The van der Waals surface area contributed by atoms with Crippen molar-refractivity contribution in [1.29, 1.82) is 5.26 Å². The van der Waals surface area contributed by atoms with Crippen LogP contribution in [0, 0.1) is 18.3 Å². The van der Waals surface area contributed by atoms with Gasteiger partial charge in [-0.3, -0.25) is 4.57 Å². The van der Waals surface area contributed by atoms with Gasteiger partial charge in [0, 0.05) is 15.7 Å². The van der Waals surface area contributed by atoms with E-state index >= 15 is 0 Å². The van der Waals surface area contributed by atoms with Gasteiger partial charge < -0.3 is 9.64 Å². The maximum absolute atomic E-state index is 12.6. The third-order valence-corrected chi connectivity index (χ3v) is 5.45. The van der Waals surface area contributed by atoms with Gasteiger partial charge >= 0.3 is 5.97 Å². The summed E-state index contributed by atoms with van der Waals surface area (Å²) < 4.78 is 8.06. The van der Waals surface area contributed by atoms with E-state index in [1.165, 1.54) is 0 Å². The van der Waals surface area contributed by atoms with Crippen molar-refractivity contribution >= 4 is 33.4 Å². The zero-order valence-corrected chi connectivity index (χ0v) is 17.7. The Bertz CT molecular complexity index is 1110. The number of fused-ring (bicyclic) bond motifs is 3. The molecule has 1 aromatic heterocycles. The zero-order valence-electron chi connectivity index (χ0n) is 16.1. The molecule has 0 spiro atoms. The molecule has 0 aliphatic carbocycles. The van der Waals surface area contributed by atoms with Gasteiger partial charge in [0.15, 0.2) is 11.5 Å². The number of hydrogen-bond donors (Lipinski definition) is 0. The van der Waals surface area contributed by atoms with Crippen molar-refractivity contribution in [3.05, 3.63) is 70.1 Å². The fraction of sp³-hybridized carbons (Fsp3) is 0.227. The lowest BCUT2D eigenvalue weighted by molar-refractivity contribution is 0.0521. The van der Waals surface area contributed by atoms with Crippen molar-refractivity contribution in [1.82, 2.24) is 9.55 Å². The van der Waals surface area contributed by atoms with E-state index in [0.29, 0.717) is 5.82 Å². The second-order valence-electron chi connectivity index (χ2n) is 6.79. The molecule has 1 atom stereocenters. The molecule has 0 saturated heterocycles. The van der Waals surface area contributed by atoms with Crippen LogP contribution in [-0.2, 0) is 4.74 Å². The smallest absolute Gasteiger partial charge is 0.360 e. The Hall–Kier alpha value is -3.11. The molecule has 3 aromatic rings. The second kappa shape index (κ2) is 7.72. The highest BCUT2D eigenvalue weighted by molar-refractivity contribution is 9.10. The van der Waals surface area contributed by atoms with Crippen LogP contribution in [0.5, 0.6) is 0 Å². The van der Waals surface area contributed by atoms with Crippen molar-refractivity contribution < 1.29 is 9.53 Å². The van der Waals surface area contributed by atoms with Gasteiger partial charge in [-0.25, -0.2) is 9.78 Å². The molecule has 0 saturated carbocycles. The van der Waals surface area contributed by atoms with Gasteiger partial charge in [-0.2, -0.15) is 5.26 Å². The number of rotatable bonds is 4. The highest BCUT2D eigenvalue weighted by atomic mass is 79.9. The molecule has 0 amide bonds. The lowest BCUT2D eigenvalue weighted by Gasteiger charge is -2.38. The Morgan fingerprint density at radius 1 is 1.28 bits per heavy atom. The average molecular weight is 451 g/mol. The number of esters is 1. The number of nitrogens with zero attached hydrogens (tertiary/aromatic N) is 4. The summed E-state index contributed by atoms with van der Waals surface area (Å²) in [4.78, 5) is 19.0. The minimum Gasteiger partial charge on any atom is -0.461 e. The van der Waals surface area contributed by atoms with Crippen molar-refractivity contribution in [2.45, 2.75) is 26.3 Å². The lowest BCUT2D eigenvalue weighted by Crippen LogP contribution is -2.32. The third kappa shape index (κ3) is 3.30. The number of halogens is 1. The number of imidazole rings is 1. The molecule has 1 aliphatic rings. The van der Waals surface area contributed by atoms with Crippen molar-refractivity contribution in [2.75, 3.05) is 11.5 Å². The van der Waals surface area contributed by atoms with Crippen LogP contribution in [0.25, 0.3) is 5.69 Å². The van der Waals surface area contributed by atoms with E-state index in [4.69, 9.17) is 4.74 Å². The van der Waals surface area contributed by atoms with Crippen molar-refractivity contribution in [2.24, 2.45) is 0 Å². The molecule has 0 N–H and O–H groups in total. The van der Waals surface area contributed by atoms with Crippen LogP contribution >= 0.6 is 15.9 Å². The molecular weight excluding hydrogens is 432 g/mol. The maximum Gasteiger partial charge on any atom is 0.360 e. The summed E-state index contributed by atoms with van der Waals surface area (Å²) in [5.74, 6) is 0.136. The molecule has 2 aromatic carbocycles. The Labute approximate surface area is 177 Å². The van der Waals surface area contributed by atoms with Gasteiger partial charge in [-0.1, -0.05) is 33.6 Å². The van der Waals surface area contributed by atoms with Gasteiger partial charge in [-0.05, 0) is 44.2 Å². The molecule has 4 rings (SSSR count). The first kappa shape index (κ1) is 19.2. The van der Waals surface area contributed by atoms with E-state index in [1.807, 2.05) is 58.9 Å². The molecule has 0 bridgehead atoms. The van der Waals surface area contributed by atoms with Crippen molar-refractivity contribution in [3.63, 3.8) is 0 Å². The minimum absolute atomic E-state index is 0.240. The molecular formula is C22H19BrN4O2. The second-order valence-corrected chi connectivity index (χ2v) is 7.71. The molecule has 29 heavy (non-hydrogen) atoms. The van der Waals surface area contributed by atoms with E-state index in [2.05, 4.69) is 27.0 Å². The van der Waals surface area contributed by atoms with Gasteiger partial charge in [0.2, 0.25) is 0 Å². The Morgan fingerprint density at radius 2 is 2.03 bits per heavy atom. The van der Waals surface area contributed by atoms with Gasteiger partial charge in [-0.15, -0.1) is 0 Å². The standard InChI is InChI=1S/C22H19BrN4O2/c1-3-29-22(28)20-21-26(13-25-20)18-9-6-15(23)12-17(18)19(10-11-24)27(21)16-7-4-14(2)5-8-16/h4-9,12-13,19H,3,10H2,1-2H3.